The molecule has 0 radical (unpaired) electrons. The summed E-state index contributed by atoms with van der Waals surface area (Å²) in [5.74, 6) is -0.206. The molecule has 1 unspecified atom stereocenters. The molecule has 2 N–H and O–H groups in total. The molecule has 2 rings (SSSR count). The Labute approximate surface area is 121 Å². The van der Waals surface area contributed by atoms with Gasteiger partial charge in [-0.05, 0) is 61.2 Å². The van der Waals surface area contributed by atoms with E-state index in [0.29, 0.717) is 6.42 Å². The summed E-state index contributed by atoms with van der Waals surface area (Å²) in [6.07, 6.45) is 0.676. The molecule has 1 atom stereocenters. The van der Waals surface area contributed by atoms with Crippen LogP contribution in [0.15, 0.2) is 46.9 Å². The highest BCUT2D eigenvalue weighted by molar-refractivity contribution is 9.10. The van der Waals surface area contributed by atoms with Gasteiger partial charge in [-0.25, -0.2) is 4.39 Å². The first-order valence-corrected chi connectivity index (χ1v) is 6.98. The van der Waals surface area contributed by atoms with Gasteiger partial charge < -0.3 is 5.73 Å². The molecule has 0 aromatic heterocycles. The van der Waals surface area contributed by atoms with Crippen molar-refractivity contribution in [3.05, 3.63) is 69.4 Å². The minimum atomic E-state index is -0.480. The van der Waals surface area contributed by atoms with Crippen LogP contribution >= 0.6 is 15.9 Å². The van der Waals surface area contributed by atoms with E-state index in [-0.39, 0.29) is 5.82 Å². The molecule has 0 amide bonds. The molecule has 0 saturated heterocycles. The van der Waals surface area contributed by atoms with E-state index < -0.39 is 5.54 Å². The average molecular weight is 322 g/mol. The van der Waals surface area contributed by atoms with Gasteiger partial charge in [0.15, 0.2) is 0 Å². The minimum absolute atomic E-state index is 0.206. The summed E-state index contributed by atoms with van der Waals surface area (Å²) in [7, 11) is 0. The van der Waals surface area contributed by atoms with Crippen molar-refractivity contribution in [2.24, 2.45) is 5.73 Å². The number of halogens is 2. The third kappa shape index (κ3) is 3.43. The fraction of sp³-hybridized carbons (Fsp3) is 0.250. The van der Waals surface area contributed by atoms with Gasteiger partial charge in [0.1, 0.15) is 5.82 Å². The largest absolute Gasteiger partial charge is 0.321 e. The molecule has 0 fully saturated rings. The van der Waals surface area contributed by atoms with E-state index in [1.54, 1.807) is 6.07 Å². The van der Waals surface area contributed by atoms with Crippen molar-refractivity contribution >= 4 is 15.9 Å². The summed E-state index contributed by atoms with van der Waals surface area (Å²) in [4.78, 5) is 0. The second kappa shape index (κ2) is 5.43. The Bertz CT molecular complexity index is 593. The van der Waals surface area contributed by atoms with E-state index in [2.05, 4.69) is 15.9 Å². The number of aryl methyl sites for hydroxylation is 1. The third-order valence-electron chi connectivity index (χ3n) is 3.35. The van der Waals surface area contributed by atoms with Crippen LogP contribution in [-0.4, -0.2) is 0 Å². The van der Waals surface area contributed by atoms with Crippen molar-refractivity contribution in [3.63, 3.8) is 0 Å². The van der Waals surface area contributed by atoms with Crippen molar-refractivity contribution in [3.8, 4) is 0 Å². The van der Waals surface area contributed by atoms with Crippen LogP contribution in [0, 0.1) is 12.7 Å². The van der Waals surface area contributed by atoms with Gasteiger partial charge in [-0.3, -0.25) is 0 Å². The summed E-state index contributed by atoms with van der Waals surface area (Å²) in [5.41, 5.74) is 9.02. The lowest BCUT2D eigenvalue weighted by molar-refractivity contribution is 0.489. The molecular formula is C16H17BrFN. The predicted octanol–water partition coefficient (Wildman–Crippen LogP) is 4.31. The predicted molar refractivity (Wildman–Crippen MR) is 80.5 cm³/mol. The van der Waals surface area contributed by atoms with Crippen molar-refractivity contribution in [1.82, 2.24) is 0 Å². The molecule has 0 aliphatic rings. The quantitative estimate of drug-likeness (QED) is 0.895. The van der Waals surface area contributed by atoms with Gasteiger partial charge in [-0.1, -0.05) is 34.1 Å². The van der Waals surface area contributed by atoms with Crippen molar-refractivity contribution < 1.29 is 4.39 Å². The van der Waals surface area contributed by atoms with Crippen LogP contribution < -0.4 is 5.73 Å². The first-order chi connectivity index (χ1) is 8.88. The van der Waals surface area contributed by atoms with Gasteiger partial charge in [-0.2, -0.15) is 0 Å². The van der Waals surface area contributed by atoms with Crippen LogP contribution in [-0.2, 0) is 12.0 Å². The third-order valence-corrected chi connectivity index (χ3v) is 3.84. The number of nitrogens with two attached hydrogens (primary N) is 1. The molecule has 2 aromatic rings. The minimum Gasteiger partial charge on any atom is -0.321 e. The second-order valence-electron chi connectivity index (χ2n) is 5.18. The normalized spacial score (nSPS) is 14.2. The molecule has 19 heavy (non-hydrogen) atoms. The Morgan fingerprint density at radius 2 is 1.95 bits per heavy atom. The zero-order chi connectivity index (χ0) is 14.0. The standard InChI is InChI=1S/C16H17BrFN/c1-11-8-15(18)7-6-12(11)10-16(2,19)13-4-3-5-14(17)9-13/h3-9H,10,19H2,1-2H3. The number of benzene rings is 2. The zero-order valence-electron chi connectivity index (χ0n) is 11.1. The van der Waals surface area contributed by atoms with E-state index in [9.17, 15) is 4.39 Å². The van der Waals surface area contributed by atoms with Crippen LogP contribution in [0.4, 0.5) is 4.39 Å². The highest BCUT2D eigenvalue weighted by Crippen LogP contribution is 2.26. The molecule has 0 aliphatic heterocycles. The van der Waals surface area contributed by atoms with Crippen LogP contribution in [0.25, 0.3) is 0 Å². The Hall–Kier alpha value is -1.19. The molecule has 0 aliphatic carbocycles. The maximum atomic E-state index is 13.1. The van der Waals surface area contributed by atoms with E-state index in [1.165, 1.54) is 6.07 Å². The van der Waals surface area contributed by atoms with Gasteiger partial charge in [0.2, 0.25) is 0 Å². The summed E-state index contributed by atoms with van der Waals surface area (Å²) in [5, 5.41) is 0. The first-order valence-electron chi connectivity index (χ1n) is 6.18. The molecule has 100 valence electrons. The molecule has 1 nitrogen and oxygen atoms in total. The van der Waals surface area contributed by atoms with E-state index in [4.69, 9.17) is 5.73 Å². The Morgan fingerprint density at radius 1 is 1.21 bits per heavy atom. The summed E-state index contributed by atoms with van der Waals surface area (Å²) >= 11 is 3.46. The maximum absolute atomic E-state index is 13.1. The lowest BCUT2D eigenvalue weighted by Crippen LogP contribution is -2.35. The Morgan fingerprint density at radius 3 is 2.58 bits per heavy atom. The average Bonchev–Trinajstić information content (AvgIpc) is 2.33. The molecule has 2 aromatic carbocycles. The van der Waals surface area contributed by atoms with Crippen molar-refractivity contribution in [2.45, 2.75) is 25.8 Å². The molecule has 0 heterocycles. The van der Waals surface area contributed by atoms with E-state index >= 15 is 0 Å². The van der Waals surface area contributed by atoms with Crippen LogP contribution in [0.3, 0.4) is 0 Å². The number of hydrogen-bond acceptors (Lipinski definition) is 1. The first kappa shape index (κ1) is 14.2. The lowest BCUT2D eigenvalue weighted by Gasteiger charge is -2.26. The maximum Gasteiger partial charge on any atom is 0.123 e. The molecular weight excluding hydrogens is 305 g/mol. The Balaban J connectivity index is 2.30. The summed E-state index contributed by atoms with van der Waals surface area (Å²) in [6.45, 7) is 3.91. The topological polar surface area (TPSA) is 26.0 Å². The molecule has 0 saturated carbocycles. The SMILES string of the molecule is Cc1cc(F)ccc1CC(C)(N)c1cccc(Br)c1. The smallest absolute Gasteiger partial charge is 0.123 e. The number of hydrogen-bond donors (Lipinski definition) is 1. The number of rotatable bonds is 3. The highest BCUT2D eigenvalue weighted by Gasteiger charge is 2.22. The van der Waals surface area contributed by atoms with Crippen LogP contribution in [0.1, 0.15) is 23.6 Å². The summed E-state index contributed by atoms with van der Waals surface area (Å²) < 4.78 is 14.1. The zero-order valence-corrected chi connectivity index (χ0v) is 12.7. The van der Waals surface area contributed by atoms with Crippen LogP contribution in [0.5, 0.6) is 0 Å². The summed E-state index contributed by atoms with van der Waals surface area (Å²) in [6, 6.07) is 12.8. The van der Waals surface area contributed by atoms with Gasteiger partial charge in [0.05, 0.1) is 0 Å². The van der Waals surface area contributed by atoms with E-state index in [1.807, 2.05) is 44.2 Å². The lowest BCUT2D eigenvalue weighted by atomic mass is 9.85. The van der Waals surface area contributed by atoms with E-state index in [0.717, 1.165) is 21.2 Å². The Kier molecular flexibility index (Phi) is 4.07. The fourth-order valence-electron chi connectivity index (χ4n) is 2.20. The molecule has 3 heteroatoms. The fourth-order valence-corrected chi connectivity index (χ4v) is 2.60. The molecule has 0 bridgehead atoms. The molecule has 0 spiro atoms. The van der Waals surface area contributed by atoms with Gasteiger partial charge >= 0.3 is 0 Å². The van der Waals surface area contributed by atoms with Gasteiger partial charge in [-0.15, -0.1) is 0 Å². The van der Waals surface area contributed by atoms with Crippen molar-refractivity contribution in [2.75, 3.05) is 0 Å². The monoisotopic (exact) mass is 321 g/mol. The highest BCUT2D eigenvalue weighted by atomic mass is 79.9. The van der Waals surface area contributed by atoms with Crippen molar-refractivity contribution in [1.29, 1.82) is 0 Å². The van der Waals surface area contributed by atoms with Gasteiger partial charge in [0, 0.05) is 10.0 Å². The second-order valence-corrected chi connectivity index (χ2v) is 6.09. The van der Waals surface area contributed by atoms with Gasteiger partial charge in [0.25, 0.3) is 0 Å². The van der Waals surface area contributed by atoms with Crippen LogP contribution in [0.2, 0.25) is 0 Å².